The number of rotatable bonds is 4. The molecule has 3 aromatic carbocycles. The Bertz CT molecular complexity index is 952. The molecule has 1 unspecified atom stereocenters. The van der Waals surface area contributed by atoms with Crippen LogP contribution in [-0.4, -0.2) is 5.91 Å². The van der Waals surface area contributed by atoms with Crippen LogP contribution in [0.25, 0.3) is 0 Å². The molecule has 4 rings (SSSR count). The molecule has 0 saturated heterocycles. The van der Waals surface area contributed by atoms with E-state index >= 15 is 0 Å². The highest BCUT2D eigenvalue weighted by atomic mass is 35.5. The number of hydrogen-bond donors (Lipinski definition) is 1. The summed E-state index contributed by atoms with van der Waals surface area (Å²) >= 11 is 6.03. The Morgan fingerprint density at radius 2 is 1.65 bits per heavy atom. The molecule has 0 fully saturated rings. The van der Waals surface area contributed by atoms with Gasteiger partial charge in [-0.25, -0.2) is 0 Å². The van der Waals surface area contributed by atoms with Gasteiger partial charge in [0.05, 0.1) is 0 Å². The third-order valence-electron chi connectivity index (χ3n) is 4.76. The Morgan fingerprint density at radius 1 is 0.962 bits per heavy atom. The van der Waals surface area contributed by atoms with Crippen LogP contribution in [0.3, 0.4) is 0 Å². The van der Waals surface area contributed by atoms with Gasteiger partial charge in [0.25, 0.3) is 5.91 Å². The zero-order valence-electron chi connectivity index (χ0n) is 14.4. The fourth-order valence-electron chi connectivity index (χ4n) is 3.44. The lowest BCUT2D eigenvalue weighted by molar-refractivity contribution is 0.0993. The lowest BCUT2D eigenvalue weighted by Crippen LogP contribution is -2.32. The Kier molecular flexibility index (Phi) is 4.39. The summed E-state index contributed by atoms with van der Waals surface area (Å²) < 4.78 is 0. The quantitative estimate of drug-likeness (QED) is 0.648. The number of para-hydroxylation sites is 1. The zero-order chi connectivity index (χ0) is 18.1. The van der Waals surface area contributed by atoms with Gasteiger partial charge in [0, 0.05) is 27.5 Å². The summed E-state index contributed by atoms with van der Waals surface area (Å²) in [4.78, 5) is 14.9. The second-order valence-electron chi connectivity index (χ2n) is 6.30. The van der Waals surface area contributed by atoms with Crippen LogP contribution >= 0.6 is 11.6 Å². The molecule has 4 heteroatoms. The number of amides is 1. The van der Waals surface area contributed by atoms with Crippen molar-refractivity contribution in [1.29, 1.82) is 0 Å². The van der Waals surface area contributed by atoms with E-state index in [2.05, 4.69) is 24.4 Å². The van der Waals surface area contributed by atoms with Crippen LogP contribution in [0, 0.1) is 0 Å². The fraction of sp³-hybridized carbons (Fsp3) is 0.136. The highest BCUT2D eigenvalue weighted by Crippen LogP contribution is 2.38. The van der Waals surface area contributed by atoms with Gasteiger partial charge in [0.2, 0.25) is 0 Å². The summed E-state index contributed by atoms with van der Waals surface area (Å²) in [5, 5.41) is 4.23. The molecule has 1 N–H and O–H groups in total. The van der Waals surface area contributed by atoms with Crippen molar-refractivity contribution < 1.29 is 4.79 Å². The molecule has 0 aliphatic carbocycles. The summed E-state index contributed by atoms with van der Waals surface area (Å²) in [6, 6.07) is 23.4. The number of benzene rings is 3. The van der Waals surface area contributed by atoms with E-state index in [0.29, 0.717) is 5.02 Å². The molecule has 26 heavy (non-hydrogen) atoms. The first-order valence-electron chi connectivity index (χ1n) is 8.71. The van der Waals surface area contributed by atoms with Crippen molar-refractivity contribution in [3.63, 3.8) is 0 Å². The summed E-state index contributed by atoms with van der Waals surface area (Å²) in [6.45, 7) is 2.13. The highest BCUT2D eigenvalue weighted by molar-refractivity contribution is 6.30. The number of fused-ring (bicyclic) bond motifs is 1. The van der Waals surface area contributed by atoms with E-state index in [0.717, 1.165) is 28.9 Å². The molecule has 1 amide bonds. The largest absolute Gasteiger partial charge is 0.361 e. The molecular formula is C22H19ClN2O. The van der Waals surface area contributed by atoms with E-state index in [1.807, 2.05) is 60.7 Å². The summed E-state index contributed by atoms with van der Waals surface area (Å²) in [6.07, 6.45) is 0.666. The van der Waals surface area contributed by atoms with Gasteiger partial charge in [-0.3, -0.25) is 9.69 Å². The third-order valence-corrected chi connectivity index (χ3v) is 5.01. The average Bonchev–Trinajstić information content (AvgIpc) is 2.95. The van der Waals surface area contributed by atoms with Gasteiger partial charge in [0.1, 0.15) is 6.17 Å². The molecule has 1 aliphatic rings. The van der Waals surface area contributed by atoms with Crippen LogP contribution in [0.1, 0.15) is 34.6 Å². The molecule has 0 aromatic heterocycles. The van der Waals surface area contributed by atoms with Gasteiger partial charge in [0.15, 0.2) is 0 Å². The fourth-order valence-corrected chi connectivity index (χ4v) is 3.57. The van der Waals surface area contributed by atoms with E-state index in [-0.39, 0.29) is 12.1 Å². The molecule has 0 spiro atoms. The van der Waals surface area contributed by atoms with E-state index < -0.39 is 0 Å². The highest BCUT2D eigenvalue weighted by Gasteiger charge is 2.37. The number of halogens is 1. The van der Waals surface area contributed by atoms with Gasteiger partial charge < -0.3 is 5.32 Å². The number of nitrogens with one attached hydrogen (secondary N) is 1. The van der Waals surface area contributed by atoms with Crippen LogP contribution in [-0.2, 0) is 6.42 Å². The molecular weight excluding hydrogens is 344 g/mol. The summed E-state index contributed by atoms with van der Waals surface area (Å²) in [5.74, 6) is -0.00518. The van der Waals surface area contributed by atoms with Crippen molar-refractivity contribution >= 4 is 28.9 Å². The van der Waals surface area contributed by atoms with Crippen LogP contribution < -0.4 is 10.2 Å². The molecule has 0 saturated carbocycles. The Balaban J connectivity index is 1.79. The number of carbonyl (C=O) groups is 1. The normalized spacial score (nSPS) is 15.8. The van der Waals surface area contributed by atoms with Gasteiger partial charge in [-0.05, 0) is 48.4 Å². The topological polar surface area (TPSA) is 32.3 Å². The Labute approximate surface area is 158 Å². The van der Waals surface area contributed by atoms with E-state index in [1.165, 1.54) is 5.56 Å². The van der Waals surface area contributed by atoms with E-state index in [4.69, 9.17) is 11.6 Å². The van der Waals surface area contributed by atoms with Gasteiger partial charge >= 0.3 is 0 Å². The summed E-state index contributed by atoms with van der Waals surface area (Å²) in [7, 11) is 0. The number of aryl methyl sites for hydroxylation is 1. The number of anilines is 2. The predicted molar refractivity (Wildman–Crippen MR) is 107 cm³/mol. The molecule has 1 atom stereocenters. The molecule has 0 bridgehead atoms. The first-order chi connectivity index (χ1) is 12.7. The minimum atomic E-state index is -0.257. The SMILES string of the molecule is CCc1ccccc1NC1c2ccccc2C(=O)N1c1ccc(Cl)cc1. The first-order valence-corrected chi connectivity index (χ1v) is 9.09. The third kappa shape index (κ3) is 2.85. The van der Waals surface area contributed by atoms with Crippen LogP contribution in [0.2, 0.25) is 5.02 Å². The maximum absolute atomic E-state index is 13.1. The Hall–Kier alpha value is -2.78. The van der Waals surface area contributed by atoms with Gasteiger partial charge in [-0.15, -0.1) is 0 Å². The predicted octanol–water partition coefficient (Wildman–Crippen LogP) is 5.67. The molecule has 130 valence electrons. The molecule has 1 heterocycles. The zero-order valence-corrected chi connectivity index (χ0v) is 15.2. The maximum Gasteiger partial charge on any atom is 0.260 e. The number of nitrogens with zero attached hydrogens (tertiary/aromatic N) is 1. The first kappa shape index (κ1) is 16.7. The molecule has 3 aromatic rings. The van der Waals surface area contributed by atoms with Gasteiger partial charge in [-0.1, -0.05) is 54.9 Å². The van der Waals surface area contributed by atoms with Crippen LogP contribution in [0.4, 0.5) is 11.4 Å². The van der Waals surface area contributed by atoms with Crippen molar-refractivity contribution in [3.8, 4) is 0 Å². The number of carbonyl (C=O) groups excluding carboxylic acids is 1. The smallest absolute Gasteiger partial charge is 0.260 e. The van der Waals surface area contributed by atoms with Gasteiger partial charge in [-0.2, -0.15) is 0 Å². The molecule has 0 radical (unpaired) electrons. The summed E-state index contributed by atoms with van der Waals surface area (Å²) in [5.41, 5.74) is 4.80. The lowest BCUT2D eigenvalue weighted by atomic mass is 10.1. The minimum absolute atomic E-state index is 0.00518. The van der Waals surface area contributed by atoms with Crippen molar-refractivity contribution in [2.24, 2.45) is 0 Å². The Morgan fingerprint density at radius 3 is 2.42 bits per heavy atom. The van der Waals surface area contributed by atoms with Crippen molar-refractivity contribution in [2.75, 3.05) is 10.2 Å². The minimum Gasteiger partial charge on any atom is -0.361 e. The molecule has 3 nitrogen and oxygen atoms in total. The van der Waals surface area contributed by atoms with Crippen molar-refractivity contribution in [3.05, 3.63) is 94.5 Å². The van der Waals surface area contributed by atoms with Crippen molar-refractivity contribution in [1.82, 2.24) is 0 Å². The van der Waals surface area contributed by atoms with Crippen molar-refractivity contribution in [2.45, 2.75) is 19.5 Å². The standard InChI is InChI=1S/C22H19ClN2O/c1-2-15-7-3-6-10-20(15)24-21-18-8-4-5-9-19(18)22(26)25(21)17-13-11-16(23)12-14-17/h3-14,21,24H,2H2,1H3. The van der Waals surface area contributed by atoms with E-state index in [9.17, 15) is 4.79 Å². The monoisotopic (exact) mass is 362 g/mol. The van der Waals surface area contributed by atoms with Crippen LogP contribution in [0.15, 0.2) is 72.8 Å². The lowest BCUT2D eigenvalue weighted by Gasteiger charge is -2.28. The van der Waals surface area contributed by atoms with Crippen LogP contribution in [0.5, 0.6) is 0 Å². The van der Waals surface area contributed by atoms with E-state index in [1.54, 1.807) is 4.90 Å². The number of hydrogen-bond acceptors (Lipinski definition) is 2. The second kappa shape index (κ2) is 6.85. The molecule has 1 aliphatic heterocycles. The average molecular weight is 363 g/mol. The maximum atomic E-state index is 13.1. The second-order valence-corrected chi connectivity index (χ2v) is 6.73.